The molecule has 0 bridgehead atoms. The van der Waals surface area contributed by atoms with Gasteiger partial charge in [0.15, 0.2) is 0 Å². The predicted molar refractivity (Wildman–Crippen MR) is 82.5 cm³/mol. The lowest BCUT2D eigenvalue weighted by Gasteiger charge is -2.22. The Balaban J connectivity index is 1.87. The summed E-state index contributed by atoms with van der Waals surface area (Å²) in [6.07, 6.45) is 5.13. The Kier molecular flexibility index (Phi) is 4.10. The average Bonchev–Trinajstić information content (AvgIpc) is 3.09. The minimum Gasteiger partial charge on any atom is -0.272 e. The SMILES string of the molecule is CCCn1cc(C(NN)C2CSc3ccccc32)cn1. The molecule has 2 heterocycles. The second-order valence-electron chi connectivity index (χ2n) is 5.14. The Morgan fingerprint density at radius 1 is 1.50 bits per heavy atom. The zero-order valence-electron chi connectivity index (χ0n) is 11.6. The molecule has 2 atom stereocenters. The number of aryl methyl sites for hydroxylation is 1. The van der Waals surface area contributed by atoms with Crippen LogP contribution in [0.15, 0.2) is 41.6 Å². The summed E-state index contributed by atoms with van der Waals surface area (Å²) in [4.78, 5) is 1.37. The van der Waals surface area contributed by atoms with Crippen molar-refractivity contribution in [3.8, 4) is 0 Å². The first-order valence-electron chi connectivity index (χ1n) is 7.03. The van der Waals surface area contributed by atoms with Crippen LogP contribution in [0.25, 0.3) is 0 Å². The van der Waals surface area contributed by atoms with Gasteiger partial charge in [0.25, 0.3) is 0 Å². The van der Waals surface area contributed by atoms with Crippen LogP contribution in [0.4, 0.5) is 0 Å². The summed E-state index contributed by atoms with van der Waals surface area (Å²) in [6, 6.07) is 8.72. The van der Waals surface area contributed by atoms with Crippen molar-refractivity contribution in [2.24, 2.45) is 5.84 Å². The molecule has 0 radical (unpaired) electrons. The fraction of sp³-hybridized carbons (Fsp3) is 0.400. The standard InChI is InChI=1S/C15H20N4S/c1-2-7-19-9-11(8-17-19)15(18-16)13-10-20-14-6-4-3-5-12(13)14/h3-6,8-9,13,15,18H,2,7,10,16H2,1H3. The van der Waals surface area contributed by atoms with Gasteiger partial charge in [-0.2, -0.15) is 5.10 Å². The molecule has 2 unspecified atom stereocenters. The highest BCUT2D eigenvalue weighted by molar-refractivity contribution is 7.99. The second kappa shape index (κ2) is 5.99. The van der Waals surface area contributed by atoms with E-state index in [-0.39, 0.29) is 6.04 Å². The van der Waals surface area contributed by atoms with Gasteiger partial charge in [-0.3, -0.25) is 16.0 Å². The van der Waals surface area contributed by atoms with Crippen molar-refractivity contribution in [3.63, 3.8) is 0 Å². The number of nitrogens with two attached hydrogens (primary N) is 1. The number of nitrogens with one attached hydrogen (secondary N) is 1. The van der Waals surface area contributed by atoms with E-state index in [1.54, 1.807) is 0 Å². The summed E-state index contributed by atoms with van der Waals surface area (Å²) in [7, 11) is 0. The van der Waals surface area contributed by atoms with Gasteiger partial charge in [-0.25, -0.2) is 0 Å². The third kappa shape index (κ3) is 2.49. The highest BCUT2D eigenvalue weighted by Gasteiger charge is 2.31. The smallest absolute Gasteiger partial charge is 0.0567 e. The maximum absolute atomic E-state index is 5.83. The molecule has 1 aliphatic rings. The maximum Gasteiger partial charge on any atom is 0.0567 e. The lowest BCUT2D eigenvalue weighted by Crippen LogP contribution is -2.32. The molecule has 0 aliphatic carbocycles. The van der Waals surface area contributed by atoms with Crippen molar-refractivity contribution in [1.82, 2.24) is 15.2 Å². The van der Waals surface area contributed by atoms with Crippen molar-refractivity contribution in [3.05, 3.63) is 47.8 Å². The molecular weight excluding hydrogens is 268 g/mol. The summed E-state index contributed by atoms with van der Waals surface area (Å²) in [5, 5.41) is 4.42. The Morgan fingerprint density at radius 2 is 2.35 bits per heavy atom. The van der Waals surface area contributed by atoms with Crippen LogP contribution < -0.4 is 11.3 Å². The van der Waals surface area contributed by atoms with Crippen molar-refractivity contribution >= 4 is 11.8 Å². The largest absolute Gasteiger partial charge is 0.272 e. The number of benzene rings is 1. The zero-order chi connectivity index (χ0) is 13.9. The van der Waals surface area contributed by atoms with Gasteiger partial charge in [-0.05, 0) is 18.1 Å². The molecule has 0 fully saturated rings. The molecule has 1 aliphatic heterocycles. The molecule has 0 spiro atoms. The van der Waals surface area contributed by atoms with Gasteiger partial charge in [0, 0.05) is 34.9 Å². The van der Waals surface area contributed by atoms with Crippen molar-refractivity contribution in [2.45, 2.75) is 36.7 Å². The van der Waals surface area contributed by atoms with Gasteiger partial charge >= 0.3 is 0 Å². The van der Waals surface area contributed by atoms with E-state index in [0.29, 0.717) is 5.92 Å². The van der Waals surface area contributed by atoms with E-state index in [9.17, 15) is 0 Å². The first-order chi connectivity index (χ1) is 9.83. The normalized spacial score (nSPS) is 19.0. The van der Waals surface area contributed by atoms with E-state index in [0.717, 1.165) is 18.7 Å². The molecule has 20 heavy (non-hydrogen) atoms. The van der Waals surface area contributed by atoms with Crippen LogP contribution in [0.3, 0.4) is 0 Å². The number of hydrogen-bond acceptors (Lipinski definition) is 4. The van der Waals surface area contributed by atoms with Gasteiger partial charge in [-0.1, -0.05) is 25.1 Å². The third-order valence-corrected chi connectivity index (χ3v) is 4.99. The molecule has 0 saturated carbocycles. The highest BCUT2D eigenvalue weighted by Crippen LogP contribution is 2.45. The first-order valence-corrected chi connectivity index (χ1v) is 8.02. The van der Waals surface area contributed by atoms with Crippen LogP contribution in [0.5, 0.6) is 0 Å². The molecule has 1 aromatic heterocycles. The van der Waals surface area contributed by atoms with Gasteiger partial charge in [-0.15, -0.1) is 11.8 Å². The monoisotopic (exact) mass is 288 g/mol. The van der Waals surface area contributed by atoms with Gasteiger partial charge in [0.1, 0.15) is 0 Å². The number of aromatic nitrogens is 2. The van der Waals surface area contributed by atoms with Crippen LogP contribution in [0, 0.1) is 0 Å². The van der Waals surface area contributed by atoms with Crippen molar-refractivity contribution in [2.75, 3.05) is 5.75 Å². The average molecular weight is 288 g/mol. The molecule has 4 nitrogen and oxygen atoms in total. The fourth-order valence-corrected chi connectivity index (χ4v) is 4.09. The summed E-state index contributed by atoms with van der Waals surface area (Å²) < 4.78 is 1.99. The minimum absolute atomic E-state index is 0.122. The third-order valence-electron chi connectivity index (χ3n) is 3.78. The van der Waals surface area contributed by atoms with Crippen LogP contribution in [0.1, 0.15) is 36.4 Å². The summed E-state index contributed by atoms with van der Waals surface area (Å²) >= 11 is 1.91. The van der Waals surface area contributed by atoms with E-state index in [2.05, 4.69) is 47.9 Å². The molecule has 3 rings (SSSR count). The Bertz CT molecular complexity index is 581. The van der Waals surface area contributed by atoms with Crippen LogP contribution in [-0.2, 0) is 6.54 Å². The molecule has 1 aromatic carbocycles. The number of thioether (sulfide) groups is 1. The zero-order valence-corrected chi connectivity index (χ0v) is 12.4. The van der Waals surface area contributed by atoms with Crippen molar-refractivity contribution in [1.29, 1.82) is 0 Å². The lowest BCUT2D eigenvalue weighted by atomic mass is 9.90. The molecule has 5 heteroatoms. The molecular formula is C15H20N4S. The molecule has 0 amide bonds. The predicted octanol–water partition coefficient (Wildman–Crippen LogP) is 2.69. The van der Waals surface area contributed by atoms with Crippen molar-refractivity contribution < 1.29 is 0 Å². The Hall–Kier alpha value is -1.30. The Labute approximate surface area is 123 Å². The van der Waals surface area contributed by atoms with E-state index < -0.39 is 0 Å². The number of rotatable bonds is 5. The number of hydrazine groups is 1. The van der Waals surface area contributed by atoms with E-state index in [1.165, 1.54) is 16.0 Å². The lowest BCUT2D eigenvalue weighted by molar-refractivity contribution is 0.484. The number of nitrogens with zero attached hydrogens (tertiary/aromatic N) is 2. The quantitative estimate of drug-likeness (QED) is 0.656. The van der Waals surface area contributed by atoms with Crippen LogP contribution >= 0.6 is 11.8 Å². The van der Waals surface area contributed by atoms with Gasteiger partial charge < -0.3 is 0 Å². The van der Waals surface area contributed by atoms with Gasteiger partial charge in [0.05, 0.1) is 12.2 Å². The first kappa shape index (κ1) is 13.7. The summed E-state index contributed by atoms with van der Waals surface area (Å²) in [5.41, 5.74) is 5.55. The molecule has 3 N–H and O–H groups in total. The van der Waals surface area contributed by atoms with E-state index in [4.69, 9.17) is 5.84 Å². The number of fused-ring (bicyclic) bond motifs is 1. The highest BCUT2D eigenvalue weighted by atomic mass is 32.2. The maximum atomic E-state index is 5.83. The van der Waals surface area contributed by atoms with Gasteiger partial charge in [0.2, 0.25) is 0 Å². The van der Waals surface area contributed by atoms with E-state index >= 15 is 0 Å². The molecule has 0 saturated heterocycles. The van der Waals surface area contributed by atoms with Crippen LogP contribution in [-0.4, -0.2) is 15.5 Å². The minimum atomic E-state index is 0.122. The Morgan fingerprint density at radius 3 is 3.15 bits per heavy atom. The number of hydrogen-bond donors (Lipinski definition) is 2. The topological polar surface area (TPSA) is 55.9 Å². The van der Waals surface area contributed by atoms with E-state index in [1.807, 2.05) is 22.6 Å². The van der Waals surface area contributed by atoms with Crippen LogP contribution in [0.2, 0.25) is 0 Å². The molecule has 106 valence electrons. The molecule has 2 aromatic rings. The summed E-state index contributed by atoms with van der Waals surface area (Å²) in [5.74, 6) is 7.29. The fourth-order valence-electron chi connectivity index (χ4n) is 2.80. The summed E-state index contributed by atoms with van der Waals surface area (Å²) in [6.45, 7) is 3.11. The second-order valence-corrected chi connectivity index (χ2v) is 6.20.